The Hall–Kier alpha value is 0.0200. The summed E-state index contributed by atoms with van der Waals surface area (Å²) in [7, 11) is 0. The number of thioether (sulfide) groups is 1. The Morgan fingerprint density at radius 3 is 2.30 bits per heavy atom. The van der Waals surface area contributed by atoms with E-state index < -0.39 is 0 Å². The normalized spacial score (nSPS) is 33.1. The van der Waals surface area contributed by atoms with Crippen LogP contribution in [0.2, 0.25) is 0 Å². The molecular formula is C8H15NS. The Balaban J connectivity index is 2.56. The van der Waals surface area contributed by atoms with Gasteiger partial charge in [0.25, 0.3) is 0 Å². The van der Waals surface area contributed by atoms with Gasteiger partial charge in [-0.25, -0.2) is 0 Å². The molecule has 1 rings (SSSR count). The van der Waals surface area contributed by atoms with Gasteiger partial charge in [-0.1, -0.05) is 13.8 Å². The van der Waals surface area contributed by atoms with Gasteiger partial charge in [-0.15, -0.1) is 11.8 Å². The minimum Gasteiger partial charge on any atom is -0.279 e. The van der Waals surface area contributed by atoms with Crippen LogP contribution >= 0.6 is 11.8 Å². The molecule has 0 aromatic heterocycles. The fraction of sp³-hybridized carbons (Fsp3) is 0.875. The summed E-state index contributed by atoms with van der Waals surface area (Å²) in [6.45, 7) is 8.81. The van der Waals surface area contributed by atoms with Crippen LogP contribution in [-0.2, 0) is 0 Å². The number of nitrogens with zero attached hydrogens (tertiary/aromatic N) is 1. The maximum absolute atomic E-state index is 4.55. The van der Waals surface area contributed by atoms with E-state index in [0.29, 0.717) is 16.5 Å². The molecule has 2 atom stereocenters. The molecule has 1 nitrogen and oxygen atoms in total. The van der Waals surface area contributed by atoms with Gasteiger partial charge in [0.2, 0.25) is 0 Å². The van der Waals surface area contributed by atoms with E-state index in [1.165, 1.54) is 5.71 Å². The molecular weight excluding hydrogens is 142 g/mol. The fourth-order valence-electron chi connectivity index (χ4n) is 0.950. The van der Waals surface area contributed by atoms with Crippen molar-refractivity contribution in [1.82, 2.24) is 0 Å². The van der Waals surface area contributed by atoms with Crippen LogP contribution in [-0.4, -0.2) is 16.3 Å². The van der Waals surface area contributed by atoms with Gasteiger partial charge in [-0.2, -0.15) is 0 Å². The Bertz CT molecular complexity index is 151. The summed E-state index contributed by atoms with van der Waals surface area (Å²) in [6.07, 6.45) is 0. The molecule has 0 saturated heterocycles. The monoisotopic (exact) mass is 157 g/mol. The van der Waals surface area contributed by atoms with Gasteiger partial charge in [-0.05, 0) is 19.8 Å². The standard InChI is InChI=1S/C8H15NS/c1-5(2)8-9-6(3)7(4)10-8/h5,7-8H,1-4H3/t7-,8+/m0/s1. The van der Waals surface area contributed by atoms with Crippen molar-refractivity contribution in [3.63, 3.8) is 0 Å². The molecule has 1 heterocycles. The van der Waals surface area contributed by atoms with Crippen molar-refractivity contribution in [3.8, 4) is 0 Å². The Labute approximate surface area is 67.3 Å². The quantitative estimate of drug-likeness (QED) is 0.570. The number of rotatable bonds is 1. The largest absolute Gasteiger partial charge is 0.279 e. The van der Waals surface area contributed by atoms with Gasteiger partial charge in [-0.3, -0.25) is 4.99 Å². The first-order valence-corrected chi connectivity index (χ1v) is 4.75. The summed E-state index contributed by atoms with van der Waals surface area (Å²) in [5, 5.41) is 1.17. The Morgan fingerprint density at radius 1 is 1.50 bits per heavy atom. The lowest BCUT2D eigenvalue weighted by molar-refractivity contribution is 0.630. The minimum atomic E-state index is 0.523. The van der Waals surface area contributed by atoms with E-state index in [1.54, 1.807) is 0 Å². The summed E-state index contributed by atoms with van der Waals surface area (Å²) in [5.41, 5.74) is 1.31. The van der Waals surface area contributed by atoms with Gasteiger partial charge >= 0.3 is 0 Å². The van der Waals surface area contributed by atoms with Gasteiger partial charge < -0.3 is 0 Å². The van der Waals surface area contributed by atoms with Crippen molar-refractivity contribution in [1.29, 1.82) is 0 Å². The summed E-state index contributed by atoms with van der Waals surface area (Å²) in [5.74, 6) is 0.685. The Kier molecular flexibility index (Phi) is 2.40. The topological polar surface area (TPSA) is 12.4 Å². The maximum Gasteiger partial charge on any atom is 0.0980 e. The fourth-order valence-corrected chi connectivity index (χ4v) is 2.17. The predicted molar refractivity (Wildman–Crippen MR) is 48.8 cm³/mol. The van der Waals surface area contributed by atoms with Gasteiger partial charge in [0, 0.05) is 11.0 Å². The average Bonchev–Trinajstić information content (AvgIpc) is 2.13. The smallest absolute Gasteiger partial charge is 0.0980 e. The van der Waals surface area contributed by atoms with Crippen LogP contribution in [0.3, 0.4) is 0 Å². The van der Waals surface area contributed by atoms with Gasteiger partial charge in [0.15, 0.2) is 0 Å². The van der Waals surface area contributed by atoms with E-state index >= 15 is 0 Å². The second kappa shape index (κ2) is 2.95. The predicted octanol–water partition coefficient (Wildman–Crippen LogP) is 2.56. The molecule has 10 heavy (non-hydrogen) atoms. The number of hydrogen-bond acceptors (Lipinski definition) is 2. The molecule has 0 fully saturated rings. The highest BCUT2D eigenvalue weighted by molar-refractivity contribution is 8.01. The van der Waals surface area contributed by atoms with Crippen LogP contribution in [0.4, 0.5) is 0 Å². The van der Waals surface area contributed by atoms with E-state index in [2.05, 4.69) is 32.7 Å². The van der Waals surface area contributed by atoms with Crippen molar-refractivity contribution in [2.75, 3.05) is 0 Å². The summed E-state index contributed by atoms with van der Waals surface area (Å²) in [4.78, 5) is 4.55. The van der Waals surface area contributed by atoms with Crippen molar-refractivity contribution >= 4 is 17.5 Å². The molecule has 0 bridgehead atoms. The SMILES string of the molecule is CC1=N[C@@H](C(C)C)S[C@H]1C. The molecule has 58 valence electrons. The van der Waals surface area contributed by atoms with Crippen molar-refractivity contribution in [3.05, 3.63) is 0 Å². The van der Waals surface area contributed by atoms with E-state index in [-0.39, 0.29) is 0 Å². The van der Waals surface area contributed by atoms with Crippen LogP contribution in [0.15, 0.2) is 4.99 Å². The lowest BCUT2D eigenvalue weighted by Gasteiger charge is -2.10. The van der Waals surface area contributed by atoms with Crippen molar-refractivity contribution in [2.24, 2.45) is 10.9 Å². The van der Waals surface area contributed by atoms with Crippen LogP contribution in [0.25, 0.3) is 0 Å². The molecule has 0 saturated carbocycles. The zero-order chi connectivity index (χ0) is 7.72. The van der Waals surface area contributed by atoms with Crippen molar-refractivity contribution < 1.29 is 0 Å². The van der Waals surface area contributed by atoms with Crippen LogP contribution in [0, 0.1) is 5.92 Å². The molecule has 0 radical (unpaired) electrons. The number of aliphatic imine (C=N–C) groups is 1. The van der Waals surface area contributed by atoms with Crippen LogP contribution in [0.5, 0.6) is 0 Å². The van der Waals surface area contributed by atoms with E-state index in [9.17, 15) is 0 Å². The van der Waals surface area contributed by atoms with Gasteiger partial charge in [0.05, 0.1) is 5.37 Å². The van der Waals surface area contributed by atoms with Crippen molar-refractivity contribution in [2.45, 2.75) is 38.3 Å². The van der Waals surface area contributed by atoms with Crippen LogP contribution in [0.1, 0.15) is 27.7 Å². The molecule has 0 aromatic carbocycles. The van der Waals surface area contributed by atoms with E-state index in [4.69, 9.17) is 0 Å². The molecule has 0 spiro atoms. The third-order valence-corrected chi connectivity index (χ3v) is 3.51. The summed E-state index contributed by atoms with van der Waals surface area (Å²) in [6, 6.07) is 0. The third-order valence-electron chi connectivity index (χ3n) is 1.83. The summed E-state index contributed by atoms with van der Waals surface area (Å²) < 4.78 is 0. The lowest BCUT2D eigenvalue weighted by Crippen LogP contribution is -2.05. The van der Waals surface area contributed by atoms with E-state index in [0.717, 1.165) is 0 Å². The van der Waals surface area contributed by atoms with E-state index in [1.807, 2.05) is 11.8 Å². The molecule has 0 N–H and O–H groups in total. The highest BCUT2D eigenvalue weighted by atomic mass is 32.2. The minimum absolute atomic E-state index is 0.523. The molecule has 2 heteroatoms. The first kappa shape index (κ1) is 8.12. The van der Waals surface area contributed by atoms with Gasteiger partial charge in [0.1, 0.15) is 0 Å². The number of hydrogen-bond donors (Lipinski definition) is 0. The highest BCUT2D eigenvalue weighted by Gasteiger charge is 2.24. The molecule has 1 aliphatic heterocycles. The average molecular weight is 157 g/mol. The first-order valence-electron chi connectivity index (χ1n) is 3.81. The third kappa shape index (κ3) is 1.54. The second-order valence-electron chi connectivity index (χ2n) is 3.18. The Morgan fingerprint density at radius 2 is 2.10 bits per heavy atom. The first-order chi connectivity index (χ1) is 4.61. The second-order valence-corrected chi connectivity index (χ2v) is 4.65. The van der Waals surface area contributed by atoms with Crippen LogP contribution < -0.4 is 0 Å². The zero-order valence-electron chi connectivity index (χ0n) is 7.09. The lowest BCUT2D eigenvalue weighted by atomic mass is 10.2. The maximum atomic E-state index is 4.55. The molecule has 0 amide bonds. The summed E-state index contributed by atoms with van der Waals surface area (Å²) >= 11 is 1.98. The molecule has 1 aliphatic rings. The molecule has 0 unspecified atom stereocenters. The molecule has 0 aliphatic carbocycles. The molecule has 0 aromatic rings. The highest BCUT2D eigenvalue weighted by Crippen LogP contribution is 2.31. The zero-order valence-corrected chi connectivity index (χ0v) is 7.90.